The smallest absolute Gasteiger partial charge is 0.255 e. The van der Waals surface area contributed by atoms with Crippen LogP contribution in [-0.2, 0) is 17.8 Å². The highest BCUT2D eigenvalue weighted by Crippen LogP contribution is 2.14. The van der Waals surface area contributed by atoms with Crippen molar-refractivity contribution in [3.05, 3.63) is 82.0 Å². The lowest BCUT2D eigenvalue weighted by atomic mass is 10.1. The number of H-pyrrole nitrogens is 1. The molecule has 1 amide bonds. The second kappa shape index (κ2) is 12.8. The van der Waals surface area contributed by atoms with Crippen molar-refractivity contribution in [2.24, 2.45) is 5.73 Å². The van der Waals surface area contributed by atoms with Gasteiger partial charge in [-0.05, 0) is 37.6 Å². The van der Waals surface area contributed by atoms with E-state index in [4.69, 9.17) is 5.73 Å². The highest BCUT2D eigenvalue weighted by Gasteiger charge is 2.19. The van der Waals surface area contributed by atoms with E-state index in [-0.39, 0.29) is 42.7 Å². The number of aromatic nitrogens is 3. The van der Waals surface area contributed by atoms with E-state index in [2.05, 4.69) is 15.0 Å². The second-order valence-corrected chi connectivity index (χ2v) is 6.84. The minimum absolute atomic E-state index is 0. The molecule has 0 fully saturated rings. The first-order valence-corrected chi connectivity index (χ1v) is 9.60. The molecule has 0 saturated carbocycles. The summed E-state index contributed by atoms with van der Waals surface area (Å²) in [5, 5.41) is 0. The van der Waals surface area contributed by atoms with Crippen LogP contribution < -0.4 is 11.3 Å². The van der Waals surface area contributed by atoms with E-state index in [1.807, 2.05) is 36.4 Å². The zero-order valence-corrected chi connectivity index (χ0v) is 18.9. The van der Waals surface area contributed by atoms with Gasteiger partial charge in [0.1, 0.15) is 5.82 Å². The topological polar surface area (TPSA) is 105 Å². The molecule has 1 aromatic carbocycles. The summed E-state index contributed by atoms with van der Waals surface area (Å²) in [6.07, 6.45) is 3.99. The van der Waals surface area contributed by atoms with Crippen LogP contribution in [0.4, 0.5) is 0 Å². The van der Waals surface area contributed by atoms with E-state index in [0.717, 1.165) is 11.1 Å². The normalized spacial score (nSPS) is 10.0. The molecule has 3 rings (SSSR count). The summed E-state index contributed by atoms with van der Waals surface area (Å²) < 4.78 is 0. The number of carbonyl (C=O) groups excluding carboxylic acids is 1. The molecule has 0 spiro atoms. The van der Waals surface area contributed by atoms with Crippen LogP contribution in [0.3, 0.4) is 0 Å². The van der Waals surface area contributed by atoms with Gasteiger partial charge in [-0.25, -0.2) is 4.98 Å². The van der Waals surface area contributed by atoms with Gasteiger partial charge in [-0.3, -0.25) is 14.6 Å². The van der Waals surface area contributed by atoms with Crippen LogP contribution in [0.2, 0.25) is 0 Å². The van der Waals surface area contributed by atoms with Crippen LogP contribution in [0.1, 0.15) is 23.2 Å². The summed E-state index contributed by atoms with van der Waals surface area (Å²) in [4.78, 5) is 38.7. The third-order valence-corrected chi connectivity index (χ3v) is 4.69. The van der Waals surface area contributed by atoms with E-state index in [0.29, 0.717) is 43.1 Å². The van der Waals surface area contributed by atoms with Crippen molar-refractivity contribution in [1.82, 2.24) is 19.9 Å². The number of nitrogens with one attached hydrogen (secondary N) is 1. The standard InChI is InChI=1S/C22H25N5O2.2ClH/c1-16-19(22(29)26-21(25-16)18-9-5-11-24-14-18)13-20(28)27(12-6-10-23)15-17-7-3-2-4-8-17;;/h2-5,7-9,11,14H,6,10,12-13,15,23H2,1H3,(H,25,26,29);2*1H. The fourth-order valence-electron chi connectivity index (χ4n) is 3.10. The number of halogens is 2. The molecule has 0 aliphatic carbocycles. The summed E-state index contributed by atoms with van der Waals surface area (Å²) >= 11 is 0. The fourth-order valence-corrected chi connectivity index (χ4v) is 3.10. The SMILES string of the molecule is Cc1nc(-c2cccnc2)[nH]c(=O)c1CC(=O)N(CCCN)Cc1ccccc1.Cl.Cl. The van der Waals surface area contributed by atoms with Crippen LogP contribution in [-0.4, -0.2) is 38.8 Å². The van der Waals surface area contributed by atoms with Crippen molar-refractivity contribution in [2.75, 3.05) is 13.1 Å². The summed E-state index contributed by atoms with van der Waals surface area (Å²) in [7, 11) is 0. The number of carbonyl (C=O) groups is 1. The third kappa shape index (κ3) is 7.17. The Morgan fingerprint density at radius 2 is 1.87 bits per heavy atom. The highest BCUT2D eigenvalue weighted by molar-refractivity contribution is 5.85. The zero-order valence-electron chi connectivity index (χ0n) is 17.3. The maximum atomic E-state index is 13.0. The molecule has 0 bridgehead atoms. The number of nitrogens with zero attached hydrogens (tertiary/aromatic N) is 3. The maximum Gasteiger partial charge on any atom is 0.255 e. The first-order chi connectivity index (χ1) is 14.1. The minimum Gasteiger partial charge on any atom is -0.338 e. The second-order valence-electron chi connectivity index (χ2n) is 6.84. The molecule has 2 heterocycles. The number of nitrogens with two attached hydrogens (primary N) is 1. The molecule has 0 radical (unpaired) electrons. The Balaban J connectivity index is 0.00000240. The Hall–Kier alpha value is -2.74. The third-order valence-electron chi connectivity index (χ3n) is 4.69. The van der Waals surface area contributed by atoms with Crippen LogP contribution >= 0.6 is 24.8 Å². The van der Waals surface area contributed by atoms with Crippen molar-refractivity contribution in [3.8, 4) is 11.4 Å². The van der Waals surface area contributed by atoms with Crippen molar-refractivity contribution in [3.63, 3.8) is 0 Å². The molecule has 0 atom stereocenters. The molecule has 3 aromatic rings. The highest BCUT2D eigenvalue weighted by atomic mass is 35.5. The quantitative estimate of drug-likeness (QED) is 0.534. The number of aromatic amines is 1. The number of pyridine rings is 1. The van der Waals surface area contributed by atoms with E-state index >= 15 is 0 Å². The van der Waals surface area contributed by atoms with Gasteiger partial charge >= 0.3 is 0 Å². The number of hydrogen-bond donors (Lipinski definition) is 2. The molecule has 0 saturated heterocycles. The Kier molecular flexibility index (Phi) is 10.9. The van der Waals surface area contributed by atoms with Gasteiger partial charge in [-0.1, -0.05) is 30.3 Å². The summed E-state index contributed by atoms with van der Waals surface area (Å²) in [6, 6.07) is 13.4. The molecule has 3 N–H and O–H groups in total. The Labute approximate surface area is 193 Å². The van der Waals surface area contributed by atoms with Crippen molar-refractivity contribution >= 4 is 30.7 Å². The number of amides is 1. The molecule has 7 nitrogen and oxygen atoms in total. The number of rotatable bonds is 8. The van der Waals surface area contributed by atoms with Crippen LogP contribution in [0.15, 0.2) is 59.7 Å². The molecule has 0 aliphatic heterocycles. The lowest BCUT2D eigenvalue weighted by Crippen LogP contribution is -2.35. The fraction of sp³-hybridized carbons (Fsp3) is 0.273. The van der Waals surface area contributed by atoms with E-state index in [9.17, 15) is 9.59 Å². The molecule has 2 aromatic heterocycles. The Bertz CT molecular complexity index is 1010. The number of hydrogen-bond acceptors (Lipinski definition) is 5. The average Bonchev–Trinajstić information content (AvgIpc) is 2.74. The predicted molar refractivity (Wildman–Crippen MR) is 127 cm³/mol. The lowest BCUT2D eigenvalue weighted by molar-refractivity contribution is -0.131. The van der Waals surface area contributed by atoms with Gasteiger partial charge < -0.3 is 15.6 Å². The average molecular weight is 464 g/mol. The molecule has 166 valence electrons. The van der Waals surface area contributed by atoms with Crippen LogP contribution in [0.25, 0.3) is 11.4 Å². The summed E-state index contributed by atoms with van der Waals surface area (Å²) in [5.41, 5.74) is 8.01. The Morgan fingerprint density at radius 1 is 1.13 bits per heavy atom. The van der Waals surface area contributed by atoms with Gasteiger partial charge in [0, 0.05) is 42.3 Å². The van der Waals surface area contributed by atoms with E-state index in [1.165, 1.54) is 0 Å². The van der Waals surface area contributed by atoms with Gasteiger partial charge in [-0.15, -0.1) is 24.8 Å². The Morgan fingerprint density at radius 3 is 2.48 bits per heavy atom. The maximum absolute atomic E-state index is 13.0. The summed E-state index contributed by atoms with van der Waals surface area (Å²) in [6.45, 7) is 3.28. The monoisotopic (exact) mass is 463 g/mol. The molecule has 9 heteroatoms. The van der Waals surface area contributed by atoms with Crippen molar-refractivity contribution < 1.29 is 4.79 Å². The van der Waals surface area contributed by atoms with Gasteiger partial charge in [0.25, 0.3) is 5.56 Å². The van der Waals surface area contributed by atoms with Gasteiger partial charge in [-0.2, -0.15) is 0 Å². The van der Waals surface area contributed by atoms with Crippen molar-refractivity contribution in [2.45, 2.75) is 26.3 Å². The van der Waals surface area contributed by atoms with Crippen molar-refractivity contribution in [1.29, 1.82) is 0 Å². The van der Waals surface area contributed by atoms with Crippen LogP contribution in [0.5, 0.6) is 0 Å². The van der Waals surface area contributed by atoms with Crippen LogP contribution in [0, 0.1) is 6.92 Å². The van der Waals surface area contributed by atoms with E-state index in [1.54, 1.807) is 30.3 Å². The summed E-state index contributed by atoms with van der Waals surface area (Å²) in [5.74, 6) is 0.327. The lowest BCUT2D eigenvalue weighted by Gasteiger charge is -2.23. The first kappa shape index (κ1) is 26.3. The first-order valence-electron chi connectivity index (χ1n) is 9.60. The largest absolute Gasteiger partial charge is 0.338 e. The molecule has 0 unspecified atom stereocenters. The molecule has 31 heavy (non-hydrogen) atoms. The zero-order chi connectivity index (χ0) is 20.6. The molecule has 0 aliphatic rings. The van der Waals surface area contributed by atoms with Gasteiger partial charge in [0.15, 0.2) is 0 Å². The molecular formula is C22H27Cl2N5O2. The van der Waals surface area contributed by atoms with E-state index < -0.39 is 0 Å². The molecular weight excluding hydrogens is 437 g/mol. The van der Waals surface area contributed by atoms with Gasteiger partial charge in [0.2, 0.25) is 5.91 Å². The predicted octanol–water partition coefficient (Wildman–Crippen LogP) is 2.90. The minimum atomic E-state index is -0.303. The van der Waals surface area contributed by atoms with Gasteiger partial charge in [0.05, 0.1) is 6.42 Å². The number of aryl methyl sites for hydroxylation is 1. The number of benzene rings is 1.